The van der Waals surface area contributed by atoms with Gasteiger partial charge in [0.2, 0.25) is 11.7 Å². The van der Waals surface area contributed by atoms with Gasteiger partial charge >= 0.3 is 6.03 Å². The molecule has 1 aliphatic rings. The van der Waals surface area contributed by atoms with Crippen LogP contribution in [0.25, 0.3) is 22.6 Å². The van der Waals surface area contributed by atoms with Gasteiger partial charge in [0.25, 0.3) is 5.89 Å². The molecule has 1 aliphatic carbocycles. The minimum absolute atomic E-state index is 0.00173. The predicted molar refractivity (Wildman–Crippen MR) is 112 cm³/mol. The molecule has 2 aromatic heterocycles. The number of primary amides is 1. The summed E-state index contributed by atoms with van der Waals surface area (Å²) in [5, 5.41) is 2.46. The number of hydrogen-bond donors (Lipinski definition) is 2. The molecule has 0 saturated heterocycles. The van der Waals surface area contributed by atoms with E-state index < -0.39 is 6.03 Å². The third kappa shape index (κ3) is 4.82. The van der Waals surface area contributed by atoms with Crippen LogP contribution in [-0.4, -0.2) is 42.0 Å². The Morgan fingerprint density at radius 1 is 1.16 bits per heavy atom. The number of aromatic nitrogens is 2. The number of ether oxygens (including phenoxy) is 2. The zero-order valence-electron chi connectivity index (χ0n) is 17.0. The Balaban J connectivity index is 1.59. The lowest BCUT2D eigenvalue weighted by atomic mass is 10.1. The molecule has 0 spiro atoms. The number of urea groups is 1. The summed E-state index contributed by atoms with van der Waals surface area (Å²) in [6.07, 6.45) is 3.37. The fraction of sp³-hybridized carbons (Fsp3) is 0.273. The van der Waals surface area contributed by atoms with Gasteiger partial charge in [-0.2, -0.15) is 0 Å². The minimum Gasteiger partial charge on any atom is -0.492 e. The zero-order chi connectivity index (χ0) is 21.8. The maximum absolute atomic E-state index is 12.5. The van der Waals surface area contributed by atoms with Crippen molar-refractivity contribution in [1.29, 1.82) is 0 Å². The number of amides is 2. The number of benzene rings is 1. The van der Waals surface area contributed by atoms with Crippen LogP contribution in [0.2, 0.25) is 0 Å². The normalized spacial score (nSPS) is 12.9. The van der Waals surface area contributed by atoms with E-state index in [0.717, 1.165) is 18.4 Å². The third-order valence-corrected chi connectivity index (χ3v) is 4.79. The average Bonchev–Trinajstić information content (AvgIpc) is 3.55. The first-order valence-electron chi connectivity index (χ1n) is 9.87. The molecule has 9 nitrogen and oxygen atoms in total. The van der Waals surface area contributed by atoms with Gasteiger partial charge in [-0.25, -0.2) is 14.8 Å². The van der Waals surface area contributed by atoms with Crippen molar-refractivity contribution in [3.05, 3.63) is 48.5 Å². The first-order valence-corrected chi connectivity index (χ1v) is 9.87. The SMILES string of the molecule is COc1ccc(-c2nc(C(=O)C3CC3)oc2-c2ccc(OCCNC(N)=O)cc2)cn1. The van der Waals surface area contributed by atoms with Crippen LogP contribution in [0.5, 0.6) is 11.6 Å². The molecule has 160 valence electrons. The molecule has 3 N–H and O–H groups in total. The highest BCUT2D eigenvalue weighted by Crippen LogP contribution is 2.37. The third-order valence-electron chi connectivity index (χ3n) is 4.79. The van der Waals surface area contributed by atoms with Crippen molar-refractivity contribution < 1.29 is 23.5 Å². The molecule has 2 heterocycles. The summed E-state index contributed by atoms with van der Waals surface area (Å²) >= 11 is 0. The van der Waals surface area contributed by atoms with Crippen LogP contribution >= 0.6 is 0 Å². The monoisotopic (exact) mass is 422 g/mol. The summed E-state index contributed by atoms with van der Waals surface area (Å²) in [5.41, 5.74) is 7.02. The Kier molecular flexibility index (Phi) is 5.83. The maximum atomic E-state index is 12.5. The lowest BCUT2D eigenvalue weighted by Gasteiger charge is -2.07. The number of rotatable bonds is 9. The predicted octanol–water partition coefficient (Wildman–Crippen LogP) is 3.05. The first-order chi connectivity index (χ1) is 15.0. The van der Waals surface area contributed by atoms with Crippen LogP contribution in [0.3, 0.4) is 0 Å². The van der Waals surface area contributed by atoms with E-state index in [1.165, 1.54) is 0 Å². The fourth-order valence-electron chi connectivity index (χ4n) is 3.02. The van der Waals surface area contributed by atoms with E-state index in [1.54, 1.807) is 31.5 Å². The highest BCUT2D eigenvalue weighted by atomic mass is 16.5. The molecule has 0 aliphatic heterocycles. The number of ketones is 1. The molecular weight excluding hydrogens is 400 g/mol. The number of carbonyl (C=O) groups excluding carboxylic acids is 2. The number of carbonyl (C=O) groups is 2. The van der Waals surface area contributed by atoms with Gasteiger partial charge in [-0.15, -0.1) is 0 Å². The molecule has 1 saturated carbocycles. The van der Waals surface area contributed by atoms with Crippen LogP contribution in [0.4, 0.5) is 4.79 Å². The maximum Gasteiger partial charge on any atom is 0.312 e. The summed E-state index contributed by atoms with van der Waals surface area (Å²) in [7, 11) is 1.55. The molecular formula is C22H22N4O5. The smallest absolute Gasteiger partial charge is 0.312 e. The zero-order valence-corrected chi connectivity index (χ0v) is 17.0. The molecule has 9 heteroatoms. The van der Waals surface area contributed by atoms with Crippen LogP contribution in [0.15, 0.2) is 47.0 Å². The van der Waals surface area contributed by atoms with Gasteiger partial charge in [0.1, 0.15) is 18.1 Å². The average molecular weight is 422 g/mol. The number of oxazole rings is 1. The molecule has 1 aromatic carbocycles. The van der Waals surface area contributed by atoms with Crippen molar-refractivity contribution in [1.82, 2.24) is 15.3 Å². The minimum atomic E-state index is -0.596. The quantitative estimate of drug-likeness (QED) is 0.400. The van der Waals surface area contributed by atoms with Crippen LogP contribution in [0.1, 0.15) is 23.5 Å². The summed E-state index contributed by atoms with van der Waals surface area (Å²) in [4.78, 5) is 32.0. The van der Waals surface area contributed by atoms with Crippen molar-refractivity contribution in [2.45, 2.75) is 12.8 Å². The number of nitrogens with one attached hydrogen (secondary N) is 1. The number of methoxy groups -OCH3 is 1. The Bertz CT molecular complexity index is 1070. The van der Waals surface area contributed by atoms with Crippen molar-refractivity contribution in [2.24, 2.45) is 11.7 Å². The van der Waals surface area contributed by atoms with Crippen molar-refractivity contribution in [3.8, 4) is 34.2 Å². The molecule has 0 radical (unpaired) electrons. The van der Waals surface area contributed by atoms with E-state index in [2.05, 4.69) is 15.3 Å². The van der Waals surface area contributed by atoms with Gasteiger partial charge in [0.15, 0.2) is 5.76 Å². The van der Waals surface area contributed by atoms with Crippen LogP contribution < -0.4 is 20.5 Å². The summed E-state index contributed by atoms with van der Waals surface area (Å²) in [6, 6.07) is 10.2. The summed E-state index contributed by atoms with van der Waals surface area (Å²) in [6.45, 7) is 0.591. The van der Waals surface area contributed by atoms with E-state index in [-0.39, 0.29) is 24.2 Å². The second-order valence-corrected chi connectivity index (χ2v) is 7.09. The number of nitrogens with two attached hydrogens (primary N) is 1. The molecule has 1 fully saturated rings. The highest BCUT2D eigenvalue weighted by Gasteiger charge is 2.34. The summed E-state index contributed by atoms with van der Waals surface area (Å²) in [5.74, 6) is 1.62. The number of hydrogen-bond acceptors (Lipinski definition) is 7. The number of pyridine rings is 1. The van der Waals surface area contributed by atoms with Gasteiger partial charge in [-0.3, -0.25) is 4.79 Å². The molecule has 0 unspecified atom stereocenters. The topological polar surface area (TPSA) is 130 Å². The van der Waals surface area contributed by atoms with Crippen LogP contribution in [-0.2, 0) is 0 Å². The molecule has 3 aromatic rings. The second-order valence-electron chi connectivity index (χ2n) is 7.09. The van der Waals surface area contributed by atoms with E-state index in [9.17, 15) is 9.59 Å². The Morgan fingerprint density at radius 2 is 1.90 bits per heavy atom. The van der Waals surface area contributed by atoms with E-state index in [1.807, 2.05) is 18.2 Å². The van der Waals surface area contributed by atoms with Gasteiger partial charge in [0, 0.05) is 29.3 Å². The van der Waals surface area contributed by atoms with Gasteiger partial charge in [-0.1, -0.05) is 0 Å². The fourth-order valence-corrected chi connectivity index (χ4v) is 3.02. The Morgan fingerprint density at radius 3 is 2.52 bits per heavy atom. The largest absolute Gasteiger partial charge is 0.492 e. The Hall–Kier alpha value is -3.88. The first kappa shape index (κ1) is 20.4. The van der Waals surface area contributed by atoms with E-state index >= 15 is 0 Å². The van der Waals surface area contributed by atoms with E-state index in [4.69, 9.17) is 19.6 Å². The molecule has 4 rings (SSSR count). The highest BCUT2D eigenvalue weighted by molar-refractivity contribution is 5.96. The standard InChI is InChI=1S/C22H22N4O5/c1-29-17-9-6-15(12-25-17)18-20(31-21(26-18)19(27)13-2-3-13)14-4-7-16(8-5-14)30-11-10-24-22(23)28/h4-9,12-13H,2-3,10-11H2,1H3,(H3,23,24,28). The molecule has 2 amide bonds. The van der Waals surface area contributed by atoms with Crippen molar-refractivity contribution in [2.75, 3.05) is 20.3 Å². The van der Waals surface area contributed by atoms with E-state index in [0.29, 0.717) is 35.2 Å². The van der Waals surface area contributed by atoms with Crippen LogP contribution in [0, 0.1) is 5.92 Å². The van der Waals surface area contributed by atoms with Crippen molar-refractivity contribution in [3.63, 3.8) is 0 Å². The van der Waals surface area contributed by atoms with Crippen molar-refractivity contribution >= 4 is 11.8 Å². The Labute approximate surface area is 178 Å². The summed E-state index contributed by atoms with van der Waals surface area (Å²) < 4.78 is 16.6. The van der Waals surface area contributed by atoms with Gasteiger partial charge in [0.05, 0.1) is 13.7 Å². The number of nitrogens with zero attached hydrogens (tertiary/aromatic N) is 2. The van der Waals surface area contributed by atoms with Gasteiger partial charge in [-0.05, 0) is 43.2 Å². The lowest BCUT2D eigenvalue weighted by molar-refractivity contribution is 0.0934. The number of Topliss-reactive ketones (excluding diaryl/α,β-unsaturated/α-hetero) is 1. The second kappa shape index (κ2) is 8.86. The molecule has 0 bridgehead atoms. The molecule has 31 heavy (non-hydrogen) atoms. The molecule has 0 atom stereocenters. The lowest BCUT2D eigenvalue weighted by Crippen LogP contribution is -2.32. The van der Waals surface area contributed by atoms with Gasteiger partial charge < -0.3 is 24.9 Å².